The summed E-state index contributed by atoms with van der Waals surface area (Å²) in [5.41, 5.74) is 6.45. The van der Waals surface area contributed by atoms with Crippen LogP contribution in [0.2, 0.25) is 0 Å². The number of unbranched alkanes of at least 4 members (excludes halogenated alkanes) is 1. The van der Waals surface area contributed by atoms with E-state index in [2.05, 4.69) is 57.9 Å². The van der Waals surface area contributed by atoms with Gasteiger partial charge >= 0.3 is 5.97 Å². The summed E-state index contributed by atoms with van der Waals surface area (Å²) in [6.45, 7) is 15.4. The van der Waals surface area contributed by atoms with Crippen molar-refractivity contribution in [3.05, 3.63) is 64.9 Å². The second-order valence-electron chi connectivity index (χ2n) is 13.1. The van der Waals surface area contributed by atoms with Crippen molar-refractivity contribution in [3.8, 4) is 0 Å². The number of carbonyl (C=O) groups is 1. The average Bonchev–Trinajstić information content (AvgIpc) is 3.03. The van der Waals surface area contributed by atoms with Gasteiger partial charge in [0, 0.05) is 17.8 Å². The lowest BCUT2D eigenvalue weighted by Gasteiger charge is -2.34. The first-order chi connectivity index (χ1) is 22.1. The summed E-state index contributed by atoms with van der Waals surface area (Å²) in [5, 5.41) is 38.0. The monoisotopic (exact) mass is 654 g/mol. The molecule has 0 amide bonds. The van der Waals surface area contributed by atoms with Gasteiger partial charge in [-0.1, -0.05) is 52.3 Å². The molecule has 1 aromatic carbocycles. The highest BCUT2D eigenvalue weighted by molar-refractivity contribution is 5.73. The highest BCUT2D eigenvalue weighted by Crippen LogP contribution is 2.27. The number of aliphatic hydroxyl groups is 2. The number of nitrogens with two attached hydrogens (primary N) is 1. The lowest BCUT2D eigenvalue weighted by Crippen LogP contribution is -2.45. The Morgan fingerprint density at radius 2 is 1.87 bits per heavy atom. The molecule has 0 aliphatic rings. The molecular weight excluding hydrogens is 604 g/mol. The number of nitrogens with zero attached hydrogens (tertiary/aromatic N) is 4. The zero-order valence-corrected chi connectivity index (χ0v) is 28.0. The number of nitrogens with one attached hydrogen (secondary N) is 3. The van der Waals surface area contributed by atoms with Crippen molar-refractivity contribution in [2.45, 2.75) is 97.4 Å². The maximum Gasteiger partial charge on any atom is 0.326 e. The molecular formula is C33H50N8O6. The molecule has 3 aromatic rings. The van der Waals surface area contributed by atoms with Crippen molar-refractivity contribution in [2.75, 3.05) is 24.2 Å². The number of aromatic amines is 1. The van der Waals surface area contributed by atoms with Crippen molar-refractivity contribution >= 4 is 28.8 Å². The van der Waals surface area contributed by atoms with Crippen LogP contribution in [0.3, 0.4) is 0 Å². The fourth-order valence-corrected chi connectivity index (χ4v) is 4.94. The highest BCUT2D eigenvalue weighted by atomic mass is 16.5. The number of carboxylic acids is 1. The number of aliphatic carboxylic acids is 1. The van der Waals surface area contributed by atoms with Crippen LogP contribution in [0.1, 0.15) is 84.2 Å². The van der Waals surface area contributed by atoms with E-state index in [9.17, 15) is 24.9 Å². The van der Waals surface area contributed by atoms with Gasteiger partial charge in [0.2, 0.25) is 5.95 Å². The van der Waals surface area contributed by atoms with E-state index in [1.165, 1.54) is 17.3 Å². The summed E-state index contributed by atoms with van der Waals surface area (Å²) in [7, 11) is 0. The molecule has 0 aliphatic heterocycles. The van der Waals surface area contributed by atoms with Gasteiger partial charge in [-0.2, -0.15) is 4.98 Å². The van der Waals surface area contributed by atoms with Crippen molar-refractivity contribution < 1.29 is 24.9 Å². The number of aromatic nitrogens is 4. The minimum Gasteiger partial charge on any atom is -0.480 e. The fraction of sp³-hybridized carbons (Fsp3) is 0.545. The molecule has 8 N–H and O–H groups in total. The molecule has 0 spiro atoms. The van der Waals surface area contributed by atoms with E-state index >= 15 is 0 Å². The van der Waals surface area contributed by atoms with E-state index < -0.39 is 35.6 Å². The molecule has 0 radical (unpaired) electrons. The lowest BCUT2D eigenvalue weighted by molar-refractivity contribution is -0.146. The Balaban J connectivity index is 1.54. The number of ether oxygens (including phenoxy) is 1. The number of benzene rings is 1. The number of hydrogen-bond acceptors (Lipinski definition) is 12. The largest absolute Gasteiger partial charge is 0.480 e. The van der Waals surface area contributed by atoms with E-state index in [-0.39, 0.29) is 41.9 Å². The van der Waals surface area contributed by atoms with Crippen molar-refractivity contribution in [2.24, 2.45) is 5.41 Å². The highest BCUT2D eigenvalue weighted by Gasteiger charge is 2.30. The van der Waals surface area contributed by atoms with Crippen LogP contribution < -0.4 is 21.9 Å². The van der Waals surface area contributed by atoms with Gasteiger partial charge in [-0.15, -0.1) is 0 Å². The zero-order chi connectivity index (χ0) is 34.8. The van der Waals surface area contributed by atoms with Gasteiger partial charge < -0.3 is 36.0 Å². The summed E-state index contributed by atoms with van der Waals surface area (Å²) in [6, 6.07) is 5.63. The van der Waals surface area contributed by atoms with E-state index in [1.807, 2.05) is 13.8 Å². The van der Waals surface area contributed by atoms with Gasteiger partial charge in [0.1, 0.15) is 12.3 Å². The van der Waals surface area contributed by atoms with Crippen LogP contribution in [-0.4, -0.2) is 77.1 Å². The fourth-order valence-electron chi connectivity index (χ4n) is 4.94. The number of carboxylic acid groups (broad SMARTS) is 1. The van der Waals surface area contributed by atoms with Crippen molar-refractivity contribution in [1.82, 2.24) is 30.2 Å². The number of anilines is 2. The SMILES string of the molecule is C=CN(C(O)c1ccc(NCc2cnc3nc(N)[nH]c(=O)c3n2)cc1)[C@@H](CCC(O)NCC(C)(C)OCC(C)(C)CCCC)C(=O)O. The van der Waals surface area contributed by atoms with Crippen LogP contribution in [0.25, 0.3) is 11.2 Å². The van der Waals surface area contributed by atoms with Gasteiger partial charge in [-0.25, -0.2) is 14.8 Å². The third-order valence-corrected chi connectivity index (χ3v) is 7.84. The number of aliphatic hydroxyl groups excluding tert-OH is 2. The number of nitrogen functional groups attached to an aromatic ring is 1. The Morgan fingerprint density at radius 3 is 2.51 bits per heavy atom. The molecule has 0 bridgehead atoms. The van der Waals surface area contributed by atoms with E-state index in [0.717, 1.165) is 19.3 Å². The van der Waals surface area contributed by atoms with Crippen LogP contribution in [0.15, 0.2) is 48.0 Å². The third-order valence-electron chi connectivity index (χ3n) is 7.84. The normalized spacial score (nSPS) is 14.0. The Morgan fingerprint density at radius 1 is 1.17 bits per heavy atom. The predicted molar refractivity (Wildman–Crippen MR) is 181 cm³/mol. The summed E-state index contributed by atoms with van der Waals surface area (Å²) in [6.07, 6.45) is 4.03. The minimum absolute atomic E-state index is 0.0395. The molecule has 0 fully saturated rings. The quantitative estimate of drug-likeness (QED) is 0.0871. The second kappa shape index (κ2) is 16.6. The summed E-state index contributed by atoms with van der Waals surface area (Å²) in [4.78, 5) is 40.4. The van der Waals surface area contributed by atoms with Gasteiger partial charge in [0.05, 0.1) is 30.6 Å². The molecule has 2 unspecified atom stereocenters. The maximum atomic E-state index is 12.2. The lowest BCUT2D eigenvalue weighted by atomic mass is 9.88. The third kappa shape index (κ3) is 11.3. The average molecular weight is 655 g/mol. The number of fused-ring (bicyclic) bond motifs is 1. The molecule has 47 heavy (non-hydrogen) atoms. The first kappa shape index (κ1) is 37.3. The van der Waals surface area contributed by atoms with Crippen LogP contribution >= 0.6 is 0 Å². The second-order valence-corrected chi connectivity index (χ2v) is 13.1. The smallest absolute Gasteiger partial charge is 0.326 e. The number of rotatable bonds is 20. The Hall–Kier alpha value is -4.11. The summed E-state index contributed by atoms with van der Waals surface area (Å²) in [5.74, 6) is -1.19. The van der Waals surface area contributed by atoms with E-state index in [1.54, 1.807) is 24.3 Å². The molecule has 3 rings (SSSR count). The maximum absolute atomic E-state index is 12.2. The summed E-state index contributed by atoms with van der Waals surface area (Å²) < 4.78 is 6.16. The van der Waals surface area contributed by atoms with Gasteiger partial charge in [0.15, 0.2) is 17.4 Å². The van der Waals surface area contributed by atoms with Gasteiger partial charge in [0.25, 0.3) is 5.56 Å². The Labute approximate surface area is 275 Å². The first-order valence-corrected chi connectivity index (χ1v) is 15.9. The van der Waals surface area contributed by atoms with Crippen LogP contribution in [0, 0.1) is 5.41 Å². The van der Waals surface area contributed by atoms with Crippen LogP contribution in [0.4, 0.5) is 11.6 Å². The van der Waals surface area contributed by atoms with Gasteiger partial charge in [-0.05, 0) is 56.9 Å². The van der Waals surface area contributed by atoms with Crippen molar-refractivity contribution in [1.29, 1.82) is 0 Å². The standard InChI is InChI=1S/C33H50N8O6/c1-7-9-16-32(3,4)20-47-33(5,6)19-37-25(42)15-14-24(30(45)46)41(8-2)29(44)21-10-12-22(13-11-21)35-17-23-18-36-27-26(38-23)28(43)40-31(34)39-27/h8,10-13,18,24-25,29,35,37,42,44H,2,7,9,14-17,19-20H2,1,3-6H3,(H,45,46)(H3,34,36,39,40,43)/t24-,25?,29?/m0/s1. The van der Waals surface area contributed by atoms with E-state index in [4.69, 9.17) is 10.5 Å². The van der Waals surface area contributed by atoms with Gasteiger partial charge in [-0.3, -0.25) is 15.1 Å². The Bertz CT molecular complexity index is 1530. The molecule has 14 heteroatoms. The number of hydrogen-bond donors (Lipinski definition) is 7. The molecule has 258 valence electrons. The predicted octanol–water partition coefficient (Wildman–Crippen LogP) is 3.50. The topological polar surface area (TPSA) is 212 Å². The molecule has 0 saturated carbocycles. The molecule has 3 atom stereocenters. The molecule has 14 nitrogen and oxygen atoms in total. The van der Waals surface area contributed by atoms with E-state index in [0.29, 0.717) is 30.1 Å². The molecule has 2 aromatic heterocycles. The Kier molecular flexibility index (Phi) is 13.2. The minimum atomic E-state index is -1.30. The molecule has 0 aliphatic carbocycles. The van der Waals surface area contributed by atoms with Crippen molar-refractivity contribution in [3.63, 3.8) is 0 Å². The van der Waals surface area contributed by atoms with Crippen LogP contribution in [0.5, 0.6) is 0 Å². The molecule has 0 saturated heterocycles. The van der Waals surface area contributed by atoms with Crippen LogP contribution in [-0.2, 0) is 16.1 Å². The summed E-state index contributed by atoms with van der Waals surface area (Å²) >= 11 is 0. The number of H-pyrrole nitrogens is 1. The zero-order valence-electron chi connectivity index (χ0n) is 28.0. The first-order valence-electron chi connectivity index (χ1n) is 15.9. The molecule has 2 heterocycles.